The van der Waals surface area contributed by atoms with Gasteiger partial charge in [-0.15, -0.1) is 0 Å². The van der Waals surface area contributed by atoms with Crippen LogP contribution in [0.3, 0.4) is 0 Å². The van der Waals surface area contributed by atoms with Crippen molar-refractivity contribution in [2.45, 2.75) is 32.9 Å². The van der Waals surface area contributed by atoms with Crippen LogP contribution in [0.2, 0.25) is 0 Å². The van der Waals surface area contributed by atoms with E-state index in [2.05, 4.69) is 5.32 Å². The van der Waals surface area contributed by atoms with Gasteiger partial charge in [0, 0.05) is 25.3 Å². The smallest absolute Gasteiger partial charge is 0.253 e. The molecule has 2 aliphatic rings. The predicted octanol–water partition coefficient (Wildman–Crippen LogP) is 1.49. The predicted molar refractivity (Wildman–Crippen MR) is 109 cm³/mol. The molecule has 2 atom stereocenters. The van der Waals surface area contributed by atoms with Crippen LogP contribution in [0.25, 0.3) is 0 Å². The van der Waals surface area contributed by atoms with Crippen LogP contribution in [0.4, 0.5) is 17.1 Å². The highest BCUT2D eigenvalue weighted by molar-refractivity contribution is 6.00. The third-order valence-corrected chi connectivity index (χ3v) is 5.88. The standard InChI is InChI=1S/C21H25N3O4/c1-3-13(2)16-21(27)22-15-7-5-4-6-14(15)12-24(16)18-17(19(25)20(18)26)23-8-10-28-11-9-23/h4-7,13,16H,3,8-12H2,1-2H3,(H,22,27)/t13-,16-/m0/s1. The van der Waals surface area contributed by atoms with Crippen molar-refractivity contribution in [1.82, 2.24) is 0 Å². The number of carbonyl (C=O) groups is 1. The van der Waals surface area contributed by atoms with E-state index in [1.165, 1.54) is 0 Å². The molecule has 2 heterocycles. The summed E-state index contributed by atoms with van der Waals surface area (Å²) in [6, 6.07) is 7.10. The highest BCUT2D eigenvalue weighted by atomic mass is 16.5. The van der Waals surface area contributed by atoms with Crippen molar-refractivity contribution < 1.29 is 9.53 Å². The van der Waals surface area contributed by atoms with Gasteiger partial charge in [0.2, 0.25) is 5.91 Å². The van der Waals surface area contributed by atoms with Crippen molar-refractivity contribution in [3.05, 3.63) is 50.3 Å². The Labute approximate surface area is 163 Å². The van der Waals surface area contributed by atoms with Gasteiger partial charge in [-0.1, -0.05) is 38.5 Å². The monoisotopic (exact) mass is 383 g/mol. The summed E-state index contributed by atoms with van der Waals surface area (Å²) in [6.45, 7) is 6.64. The summed E-state index contributed by atoms with van der Waals surface area (Å²) in [4.78, 5) is 42.0. The van der Waals surface area contributed by atoms with E-state index in [4.69, 9.17) is 4.74 Å². The van der Waals surface area contributed by atoms with Gasteiger partial charge in [0.05, 0.1) is 13.2 Å². The van der Waals surface area contributed by atoms with Crippen molar-refractivity contribution in [2.24, 2.45) is 5.92 Å². The first-order chi connectivity index (χ1) is 13.5. The zero-order valence-electron chi connectivity index (χ0n) is 16.2. The highest BCUT2D eigenvalue weighted by Gasteiger charge is 2.40. The fraction of sp³-hybridized carbons (Fsp3) is 0.476. The van der Waals surface area contributed by atoms with E-state index in [1.807, 2.05) is 47.9 Å². The first kappa shape index (κ1) is 18.7. The molecule has 4 rings (SSSR count). The second-order valence-electron chi connectivity index (χ2n) is 7.56. The summed E-state index contributed by atoms with van der Waals surface area (Å²) in [5, 5.41) is 3.01. The van der Waals surface area contributed by atoms with Gasteiger partial charge in [-0.3, -0.25) is 14.4 Å². The number of carbonyl (C=O) groups excluding carboxylic acids is 1. The maximum atomic E-state index is 13.1. The lowest BCUT2D eigenvalue weighted by Gasteiger charge is -2.38. The molecule has 1 N–H and O–H groups in total. The third-order valence-electron chi connectivity index (χ3n) is 5.88. The molecule has 7 heteroatoms. The summed E-state index contributed by atoms with van der Waals surface area (Å²) in [5.41, 5.74) is 1.55. The van der Waals surface area contributed by atoms with Crippen molar-refractivity contribution in [2.75, 3.05) is 41.4 Å². The van der Waals surface area contributed by atoms with Gasteiger partial charge >= 0.3 is 0 Å². The minimum absolute atomic E-state index is 0.0243. The van der Waals surface area contributed by atoms with E-state index in [1.54, 1.807) is 0 Å². The van der Waals surface area contributed by atoms with Gasteiger partial charge in [0.25, 0.3) is 10.9 Å². The molecular formula is C21H25N3O4. The molecule has 1 amide bonds. The zero-order chi connectivity index (χ0) is 19.8. The number of hydrogen-bond acceptors (Lipinski definition) is 6. The largest absolute Gasteiger partial charge is 0.378 e. The van der Waals surface area contributed by atoms with Crippen LogP contribution in [-0.4, -0.2) is 38.3 Å². The maximum absolute atomic E-state index is 13.1. The lowest BCUT2D eigenvalue weighted by atomic mass is 9.95. The normalized spacial score (nSPS) is 21.2. The Kier molecular flexibility index (Phi) is 4.93. The number of morpholine rings is 1. The fourth-order valence-electron chi connectivity index (χ4n) is 4.13. The van der Waals surface area contributed by atoms with E-state index in [9.17, 15) is 14.4 Å². The van der Waals surface area contributed by atoms with Crippen molar-refractivity contribution in [3.8, 4) is 0 Å². The summed E-state index contributed by atoms with van der Waals surface area (Å²) >= 11 is 0. The molecular weight excluding hydrogens is 358 g/mol. The molecule has 0 radical (unpaired) electrons. The lowest BCUT2D eigenvalue weighted by Crippen LogP contribution is -2.54. The van der Waals surface area contributed by atoms with E-state index < -0.39 is 16.9 Å². The SMILES string of the molecule is CC[C@H](C)[C@H]1C(=O)Nc2ccccc2CN1c1c(N2CCOCC2)c(=O)c1=O. The average Bonchev–Trinajstić information content (AvgIpc) is 2.86. The molecule has 0 unspecified atom stereocenters. The van der Waals surface area contributed by atoms with Crippen LogP contribution in [0.5, 0.6) is 0 Å². The number of para-hydroxylation sites is 1. The molecule has 0 bridgehead atoms. The molecule has 2 aromatic rings. The number of nitrogens with one attached hydrogen (secondary N) is 1. The fourth-order valence-corrected chi connectivity index (χ4v) is 4.13. The topological polar surface area (TPSA) is 79.0 Å². The number of rotatable bonds is 4. The molecule has 7 nitrogen and oxygen atoms in total. The summed E-state index contributed by atoms with van der Waals surface area (Å²) in [5.74, 6) is -0.114. The van der Waals surface area contributed by atoms with Crippen molar-refractivity contribution in [3.63, 3.8) is 0 Å². The molecule has 0 aromatic heterocycles. The van der Waals surface area contributed by atoms with E-state index in [0.717, 1.165) is 17.7 Å². The average molecular weight is 383 g/mol. The van der Waals surface area contributed by atoms with Crippen LogP contribution in [0, 0.1) is 5.92 Å². The van der Waals surface area contributed by atoms with E-state index >= 15 is 0 Å². The van der Waals surface area contributed by atoms with E-state index in [0.29, 0.717) is 44.2 Å². The third kappa shape index (κ3) is 2.99. The second kappa shape index (κ2) is 7.39. The maximum Gasteiger partial charge on any atom is 0.253 e. The number of benzene rings is 1. The van der Waals surface area contributed by atoms with Crippen LogP contribution in [0.15, 0.2) is 33.9 Å². The lowest BCUT2D eigenvalue weighted by molar-refractivity contribution is -0.118. The molecule has 0 aliphatic carbocycles. The number of amides is 1. The summed E-state index contributed by atoms with van der Waals surface area (Å²) in [6.07, 6.45) is 0.785. The number of fused-ring (bicyclic) bond motifs is 1. The van der Waals surface area contributed by atoms with Gasteiger partial charge in [-0.2, -0.15) is 0 Å². The Balaban J connectivity index is 1.81. The Bertz CT molecular complexity index is 957. The number of ether oxygens (including phenoxy) is 1. The van der Waals surface area contributed by atoms with Crippen LogP contribution in [-0.2, 0) is 16.1 Å². The molecule has 0 spiro atoms. The first-order valence-electron chi connectivity index (χ1n) is 9.84. The van der Waals surface area contributed by atoms with Gasteiger partial charge < -0.3 is 19.9 Å². The van der Waals surface area contributed by atoms with Gasteiger partial charge in [-0.25, -0.2) is 0 Å². The van der Waals surface area contributed by atoms with Gasteiger partial charge in [0.15, 0.2) is 0 Å². The number of anilines is 3. The first-order valence-corrected chi connectivity index (χ1v) is 9.84. The Morgan fingerprint density at radius 3 is 2.50 bits per heavy atom. The Hall–Kier alpha value is -2.67. The van der Waals surface area contributed by atoms with Crippen LogP contribution >= 0.6 is 0 Å². The molecule has 1 fully saturated rings. The summed E-state index contributed by atoms with van der Waals surface area (Å²) in [7, 11) is 0. The van der Waals surface area contributed by atoms with E-state index in [-0.39, 0.29) is 11.8 Å². The summed E-state index contributed by atoms with van der Waals surface area (Å²) < 4.78 is 5.38. The minimum atomic E-state index is -0.513. The number of nitrogens with zero attached hydrogens (tertiary/aromatic N) is 2. The molecule has 0 saturated carbocycles. The molecule has 2 aliphatic heterocycles. The van der Waals surface area contributed by atoms with Crippen LogP contribution < -0.4 is 26.0 Å². The molecule has 1 saturated heterocycles. The molecule has 28 heavy (non-hydrogen) atoms. The quantitative estimate of drug-likeness (QED) is 0.806. The Morgan fingerprint density at radius 1 is 1.11 bits per heavy atom. The van der Waals surface area contributed by atoms with Crippen molar-refractivity contribution in [1.29, 1.82) is 0 Å². The second-order valence-corrected chi connectivity index (χ2v) is 7.56. The van der Waals surface area contributed by atoms with Crippen LogP contribution in [0.1, 0.15) is 25.8 Å². The van der Waals surface area contributed by atoms with Gasteiger partial charge in [0.1, 0.15) is 17.4 Å². The highest BCUT2D eigenvalue weighted by Crippen LogP contribution is 2.34. The molecule has 2 aromatic carbocycles. The minimum Gasteiger partial charge on any atom is -0.378 e. The van der Waals surface area contributed by atoms with Crippen molar-refractivity contribution >= 4 is 23.0 Å². The van der Waals surface area contributed by atoms with Gasteiger partial charge in [-0.05, 0) is 17.5 Å². The zero-order valence-corrected chi connectivity index (χ0v) is 16.2. The number of hydrogen-bond donors (Lipinski definition) is 1. The Morgan fingerprint density at radius 2 is 1.79 bits per heavy atom. The molecule has 148 valence electrons.